The van der Waals surface area contributed by atoms with Gasteiger partial charge in [0.1, 0.15) is 0 Å². The maximum atomic E-state index is 13.0. The van der Waals surface area contributed by atoms with E-state index in [1.165, 1.54) is 0 Å². The maximum Gasteiger partial charge on any atom is 0.330 e. The lowest BCUT2D eigenvalue weighted by atomic mass is 10.1. The molecule has 1 N–H and O–H groups in total. The molecular weight excluding hydrogens is 328 g/mol. The Kier molecular flexibility index (Phi) is 5.21. The number of benzene rings is 1. The summed E-state index contributed by atoms with van der Waals surface area (Å²) >= 11 is 0. The summed E-state index contributed by atoms with van der Waals surface area (Å²) in [5, 5.41) is 2.85. The number of imidazole rings is 1. The zero-order valence-electron chi connectivity index (χ0n) is 15.4. The van der Waals surface area contributed by atoms with E-state index in [4.69, 9.17) is 0 Å². The summed E-state index contributed by atoms with van der Waals surface area (Å²) in [4.78, 5) is 29.1. The monoisotopic (exact) mass is 352 g/mol. The zero-order chi connectivity index (χ0) is 18.7. The molecule has 1 amide bonds. The van der Waals surface area contributed by atoms with Crippen molar-refractivity contribution in [3.05, 3.63) is 64.2 Å². The van der Waals surface area contributed by atoms with Gasteiger partial charge >= 0.3 is 5.69 Å². The number of fused-ring (bicyclic) bond motifs is 1. The van der Waals surface area contributed by atoms with Crippen molar-refractivity contribution >= 4 is 17.1 Å². The quantitative estimate of drug-likeness (QED) is 0.740. The second-order valence-electron chi connectivity index (χ2n) is 6.80. The fourth-order valence-electron chi connectivity index (χ4n) is 2.99. The minimum atomic E-state index is -0.112. The van der Waals surface area contributed by atoms with Crippen molar-refractivity contribution in [2.75, 3.05) is 6.54 Å². The van der Waals surface area contributed by atoms with Crippen LogP contribution in [-0.2, 0) is 17.9 Å². The second kappa shape index (κ2) is 7.56. The molecule has 3 aromatic rings. The van der Waals surface area contributed by atoms with Crippen LogP contribution in [0.4, 0.5) is 0 Å². The molecule has 136 valence electrons. The van der Waals surface area contributed by atoms with Gasteiger partial charge in [-0.15, -0.1) is 0 Å². The first kappa shape index (κ1) is 17.9. The zero-order valence-corrected chi connectivity index (χ0v) is 15.4. The van der Waals surface area contributed by atoms with E-state index in [0.29, 0.717) is 25.3 Å². The summed E-state index contributed by atoms with van der Waals surface area (Å²) in [6, 6.07) is 11.9. The van der Waals surface area contributed by atoms with E-state index in [1.807, 2.05) is 51.1 Å². The molecule has 0 unspecified atom stereocenters. The van der Waals surface area contributed by atoms with Crippen LogP contribution in [0.3, 0.4) is 0 Å². The highest BCUT2D eigenvalue weighted by molar-refractivity contribution is 5.77. The molecule has 0 bridgehead atoms. The van der Waals surface area contributed by atoms with Gasteiger partial charge in [0.2, 0.25) is 5.91 Å². The number of nitrogens with one attached hydrogen (secondary N) is 1. The van der Waals surface area contributed by atoms with Gasteiger partial charge in [-0.05, 0) is 24.6 Å². The third-order valence-corrected chi connectivity index (χ3v) is 4.36. The molecule has 2 heterocycles. The van der Waals surface area contributed by atoms with Crippen molar-refractivity contribution < 1.29 is 4.79 Å². The Balaban J connectivity index is 1.91. The first-order valence-electron chi connectivity index (χ1n) is 8.84. The topological polar surface area (TPSA) is 68.9 Å². The van der Waals surface area contributed by atoms with Gasteiger partial charge in [-0.1, -0.05) is 43.7 Å². The Bertz CT molecular complexity index is 985. The van der Waals surface area contributed by atoms with Crippen LogP contribution in [0, 0.1) is 12.8 Å². The molecule has 2 aromatic heterocycles. The van der Waals surface area contributed by atoms with Crippen LogP contribution < -0.4 is 11.0 Å². The van der Waals surface area contributed by atoms with E-state index in [9.17, 15) is 9.59 Å². The molecule has 0 spiro atoms. The molecule has 6 heteroatoms. The van der Waals surface area contributed by atoms with Crippen LogP contribution in [0.1, 0.15) is 25.0 Å². The molecule has 0 saturated heterocycles. The molecule has 6 nitrogen and oxygen atoms in total. The van der Waals surface area contributed by atoms with Crippen LogP contribution in [0.25, 0.3) is 11.2 Å². The van der Waals surface area contributed by atoms with E-state index in [1.54, 1.807) is 15.3 Å². The number of aromatic nitrogens is 3. The van der Waals surface area contributed by atoms with Gasteiger partial charge in [0.05, 0.1) is 12.1 Å². The molecule has 0 aliphatic rings. The van der Waals surface area contributed by atoms with Crippen LogP contribution in [-0.4, -0.2) is 26.6 Å². The van der Waals surface area contributed by atoms with E-state index in [2.05, 4.69) is 16.4 Å². The van der Waals surface area contributed by atoms with Crippen molar-refractivity contribution in [3.63, 3.8) is 0 Å². The minimum absolute atomic E-state index is 0.0190. The third kappa shape index (κ3) is 3.69. The summed E-state index contributed by atoms with van der Waals surface area (Å²) in [6.45, 7) is 7.01. The smallest absolute Gasteiger partial charge is 0.330 e. The molecule has 0 radical (unpaired) electrons. The average molecular weight is 352 g/mol. The molecule has 3 rings (SSSR count). The van der Waals surface area contributed by atoms with Gasteiger partial charge < -0.3 is 5.32 Å². The lowest BCUT2D eigenvalue weighted by molar-refractivity contribution is -0.124. The number of carbonyl (C=O) groups is 1. The maximum absolute atomic E-state index is 13.0. The van der Waals surface area contributed by atoms with Crippen LogP contribution >= 0.6 is 0 Å². The number of rotatable bonds is 6. The van der Waals surface area contributed by atoms with E-state index < -0.39 is 0 Å². The molecule has 26 heavy (non-hydrogen) atoms. The third-order valence-electron chi connectivity index (χ3n) is 4.36. The molecule has 1 aromatic carbocycles. The fourth-order valence-corrected chi connectivity index (χ4v) is 2.99. The van der Waals surface area contributed by atoms with Crippen molar-refractivity contribution in [1.29, 1.82) is 0 Å². The lowest BCUT2D eigenvalue weighted by Crippen LogP contribution is -2.33. The van der Waals surface area contributed by atoms with Crippen molar-refractivity contribution in [1.82, 2.24) is 19.4 Å². The van der Waals surface area contributed by atoms with Crippen molar-refractivity contribution in [2.24, 2.45) is 5.92 Å². The van der Waals surface area contributed by atoms with Gasteiger partial charge in [-0.3, -0.25) is 13.9 Å². The Morgan fingerprint density at radius 3 is 2.73 bits per heavy atom. The molecule has 0 aliphatic carbocycles. The number of hydrogen-bond donors (Lipinski definition) is 1. The predicted molar refractivity (Wildman–Crippen MR) is 102 cm³/mol. The molecule has 0 saturated carbocycles. The van der Waals surface area contributed by atoms with Gasteiger partial charge in [-0.2, -0.15) is 0 Å². The Hall–Kier alpha value is -2.89. The van der Waals surface area contributed by atoms with E-state index in [0.717, 1.165) is 16.6 Å². The highest BCUT2D eigenvalue weighted by Gasteiger charge is 2.15. The summed E-state index contributed by atoms with van der Waals surface area (Å²) in [5.74, 6) is -0.0954. The van der Waals surface area contributed by atoms with Gasteiger partial charge in [-0.25, -0.2) is 9.78 Å². The first-order chi connectivity index (χ1) is 12.5. The van der Waals surface area contributed by atoms with Gasteiger partial charge in [0.25, 0.3) is 0 Å². The Labute approximate surface area is 152 Å². The first-order valence-corrected chi connectivity index (χ1v) is 8.84. The molecule has 0 fully saturated rings. The minimum Gasteiger partial charge on any atom is -0.354 e. The second-order valence-corrected chi connectivity index (χ2v) is 6.80. The highest BCUT2D eigenvalue weighted by atomic mass is 16.2. The normalized spacial score (nSPS) is 11.2. The number of carbonyl (C=O) groups excluding carboxylic acids is 1. The number of nitrogens with zero attached hydrogens (tertiary/aromatic N) is 3. The number of aryl methyl sites for hydroxylation is 1. The van der Waals surface area contributed by atoms with Gasteiger partial charge in [0.15, 0.2) is 5.65 Å². The highest BCUT2D eigenvalue weighted by Crippen LogP contribution is 2.13. The fraction of sp³-hybridized carbons (Fsp3) is 0.350. The number of pyridine rings is 1. The molecule has 0 atom stereocenters. The van der Waals surface area contributed by atoms with E-state index >= 15 is 0 Å². The number of hydrogen-bond acceptors (Lipinski definition) is 3. The van der Waals surface area contributed by atoms with Crippen LogP contribution in [0.15, 0.2) is 47.4 Å². The molecule has 0 aliphatic heterocycles. The SMILES string of the molecule is Cc1cccc(Cn2c(=O)n(CCNC(=O)C(C)C)c3ncccc32)c1. The van der Waals surface area contributed by atoms with Crippen molar-refractivity contribution in [3.8, 4) is 0 Å². The summed E-state index contributed by atoms with van der Waals surface area (Å²) < 4.78 is 3.37. The lowest BCUT2D eigenvalue weighted by Gasteiger charge is -2.08. The largest absolute Gasteiger partial charge is 0.354 e. The van der Waals surface area contributed by atoms with Crippen LogP contribution in [0.5, 0.6) is 0 Å². The average Bonchev–Trinajstić information content (AvgIpc) is 2.87. The Morgan fingerprint density at radius 2 is 2.00 bits per heavy atom. The van der Waals surface area contributed by atoms with Gasteiger partial charge in [0, 0.05) is 25.2 Å². The Morgan fingerprint density at radius 1 is 1.19 bits per heavy atom. The summed E-state index contributed by atoms with van der Waals surface area (Å²) in [6.07, 6.45) is 1.68. The number of amides is 1. The van der Waals surface area contributed by atoms with Crippen LogP contribution in [0.2, 0.25) is 0 Å². The standard InChI is InChI=1S/C20H24N4O2/c1-14(2)19(25)22-10-11-23-18-17(8-5-9-21-18)24(20(23)26)13-16-7-4-6-15(3)12-16/h4-9,12,14H,10-11,13H2,1-3H3,(H,22,25). The predicted octanol–water partition coefficient (Wildman–Crippen LogP) is 2.33. The van der Waals surface area contributed by atoms with Crippen molar-refractivity contribution in [2.45, 2.75) is 33.9 Å². The molecular formula is C20H24N4O2. The summed E-state index contributed by atoms with van der Waals surface area (Å²) in [7, 11) is 0. The summed E-state index contributed by atoms with van der Waals surface area (Å²) in [5.41, 5.74) is 3.56. The van der Waals surface area contributed by atoms with E-state index in [-0.39, 0.29) is 17.5 Å².